The highest BCUT2D eigenvalue weighted by atomic mass is 19.1. The van der Waals surface area contributed by atoms with Gasteiger partial charge >= 0.3 is 0 Å². The third kappa shape index (κ3) is 4.76. The van der Waals surface area contributed by atoms with E-state index in [-0.39, 0.29) is 31.5 Å². The molecule has 8 heteroatoms. The van der Waals surface area contributed by atoms with Gasteiger partial charge in [0.2, 0.25) is 5.88 Å². The van der Waals surface area contributed by atoms with Crippen molar-refractivity contribution >= 4 is 11.5 Å². The lowest BCUT2D eigenvalue weighted by atomic mass is 10.0. The maximum Gasteiger partial charge on any atom is 0.260 e. The number of amides is 1. The number of hydrogen-bond acceptors (Lipinski definition) is 5. The molecule has 3 aromatic rings. The molecule has 1 aliphatic rings. The van der Waals surface area contributed by atoms with Crippen molar-refractivity contribution in [3.05, 3.63) is 112 Å². The second kappa shape index (κ2) is 9.74. The number of ether oxygens (including phenoxy) is 1. The SMILES string of the molecule is C/C(N)=C/C(=C\N)c1ccc(CN2Cc3ccnc(OCc4ccccc4F)c3C2=O)c(F)c1. The fraction of sp³-hybridized carbons (Fsp3) is 0.154. The highest BCUT2D eigenvalue weighted by Crippen LogP contribution is 2.31. The van der Waals surface area contributed by atoms with E-state index >= 15 is 0 Å². The minimum Gasteiger partial charge on any atom is -0.472 e. The van der Waals surface area contributed by atoms with E-state index in [1.165, 1.54) is 29.4 Å². The summed E-state index contributed by atoms with van der Waals surface area (Å²) in [6, 6.07) is 12.7. The Morgan fingerprint density at radius 1 is 1.15 bits per heavy atom. The molecular weight excluding hydrogens is 438 g/mol. The van der Waals surface area contributed by atoms with Crippen LogP contribution in [-0.4, -0.2) is 15.8 Å². The lowest BCUT2D eigenvalue weighted by Gasteiger charge is -2.17. The number of halogens is 2. The first-order chi connectivity index (χ1) is 16.4. The number of hydrogen-bond donors (Lipinski definition) is 2. The van der Waals surface area contributed by atoms with Crippen LogP contribution >= 0.6 is 0 Å². The summed E-state index contributed by atoms with van der Waals surface area (Å²) in [6.45, 7) is 2.01. The first-order valence-corrected chi connectivity index (χ1v) is 10.6. The van der Waals surface area contributed by atoms with Crippen molar-refractivity contribution in [2.24, 2.45) is 11.5 Å². The van der Waals surface area contributed by atoms with Gasteiger partial charge in [-0.15, -0.1) is 0 Å². The Morgan fingerprint density at radius 3 is 2.65 bits per heavy atom. The van der Waals surface area contributed by atoms with E-state index in [9.17, 15) is 13.6 Å². The number of pyridine rings is 1. The lowest BCUT2D eigenvalue weighted by molar-refractivity contribution is 0.0761. The molecule has 0 unspecified atom stereocenters. The minimum absolute atomic E-state index is 0.0623. The zero-order valence-electron chi connectivity index (χ0n) is 18.6. The van der Waals surface area contributed by atoms with Crippen LogP contribution in [0.15, 0.2) is 72.7 Å². The number of aromatic nitrogens is 1. The van der Waals surface area contributed by atoms with Gasteiger partial charge in [0, 0.05) is 42.3 Å². The number of fused-ring (bicyclic) bond motifs is 1. The molecule has 2 heterocycles. The zero-order valence-corrected chi connectivity index (χ0v) is 18.6. The summed E-state index contributed by atoms with van der Waals surface area (Å²) in [6.07, 6.45) is 4.56. The van der Waals surface area contributed by atoms with Gasteiger partial charge in [0.05, 0.1) is 0 Å². The topological polar surface area (TPSA) is 94.5 Å². The van der Waals surface area contributed by atoms with E-state index in [1.807, 2.05) is 0 Å². The third-order valence-corrected chi connectivity index (χ3v) is 5.50. The molecule has 4 rings (SSSR count). The Labute approximate surface area is 196 Å². The summed E-state index contributed by atoms with van der Waals surface area (Å²) in [5.41, 5.74) is 14.8. The van der Waals surface area contributed by atoms with Gasteiger partial charge in [-0.05, 0) is 47.9 Å². The molecule has 0 radical (unpaired) electrons. The second-order valence-corrected chi connectivity index (χ2v) is 8.01. The number of carbonyl (C=O) groups is 1. The van der Waals surface area contributed by atoms with Gasteiger partial charge in [-0.3, -0.25) is 4.79 Å². The van der Waals surface area contributed by atoms with Crippen LogP contribution < -0.4 is 16.2 Å². The predicted molar refractivity (Wildman–Crippen MR) is 125 cm³/mol. The molecular formula is C26H24F2N4O2. The molecule has 1 aromatic heterocycles. The average Bonchev–Trinajstić information content (AvgIpc) is 3.14. The van der Waals surface area contributed by atoms with Gasteiger partial charge in [-0.25, -0.2) is 13.8 Å². The van der Waals surface area contributed by atoms with Crippen LogP contribution in [0.5, 0.6) is 5.88 Å². The van der Waals surface area contributed by atoms with Gasteiger partial charge in [0.15, 0.2) is 0 Å². The van der Waals surface area contributed by atoms with E-state index in [4.69, 9.17) is 16.2 Å². The molecule has 6 nitrogen and oxygen atoms in total. The van der Waals surface area contributed by atoms with Gasteiger partial charge in [0.25, 0.3) is 5.91 Å². The number of nitrogens with two attached hydrogens (primary N) is 2. The minimum atomic E-state index is -0.460. The molecule has 34 heavy (non-hydrogen) atoms. The van der Waals surface area contributed by atoms with Crippen molar-refractivity contribution in [3.63, 3.8) is 0 Å². The standard InChI is InChI=1S/C26H24F2N4O2/c1-16(30)10-21(12-29)17-6-7-18(23(28)11-17)13-32-14-19-8-9-31-25(24(19)26(32)33)34-15-20-4-2-3-5-22(20)27/h2-12H,13-15,29-30H2,1H3/b16-10-,21-12+. The van der Waals surface area contributed by atoms with Crippen molar-refractivity contribution in [1.29, 1.82) is 0 Å². The Bertz CT molecular complexity index is 1300. The monoisotopic (exact) mass is 462 g/mol. The molecule has 0 spiro atoms. The maximum absolute atomic E-state index is 14.9. The van der Waals surface area contributed by atoms with Crippen LogP contribution in [0.4, 0.5) is 8.78 Å². The van der Waals surface area contributed by atoms with Gasteiger partial charge < -0.3 is 21.1 Å². The van der Waals surface area contributed by atoms with Crippen molar-refractivity contribution in [2.45, 2.75) is 26.6 Å². The smallest absolute Gasteiger partial charge is 0.260 e. The van der Waals surface area contributed by atoms with E-state index in [0.29, 0.717) is 33.5 Å². The summed E-state index contributed by atoms with van der Waals surface area (Å²) in [5.74, 6) is -1.05. The van der Waals surface area contributed by atoms with Gasteiger partial charge in [0.1, 0.15) is 23.8 Å². The molecule has 1 amide bonds. The number of benzene rings is 2. The molecule has 0 fully saturated rings. The van der Waals surface area contributed by atoms with Crippen LogP contribution in [0.25, 0.3) is 5.57 Å². The molecule has 0 bridgehead atoms. The highest BCUT2D eigenvalue weighted by Gasteiger charge is 2.32. The molecule has 0 atom stereocenters. The number of rotatable bonds is 7. The Morgan fingerprint density at radius 2 is 1.94 bits per heavy atom. The fourth-order valence-corrected chi connectivity index (χ4v) is 3.81. The third-order valence-electron chi connectivity index (χ3n) is 5.50. The molecule has 2 aromatic carbocycles. The number of carbonyl (C=O) groups excluding carboxylic acids is 1. The van der Waals surface area contributed by atoms with Crippen molar-refractivity contribution in [2.75, 3.05) is 0 Å². The summed E-state index contributed by atoms with van der Waals surface area (Å²) < 4.78 is 34.5. The van der Waals surface area contributed by atoms with Crippen molar-refractivity contribution in [1.82, 2.24) is 9.88 Å². The van der Waals surface area contributed by atoms with Crippen LogP contribution in [-0.2, 0) is 19.7 Å². The molecule has 0 saturated heterocycles. The summed E-state index contributed by atoms with van der Waals surface area (Å²) in [4.78, 5) is 18.8. The largest absolute Gasteiger partial charge is 0.472 e. The summed E-state index contributed by atoms with van der Waals surface area (Å²) in [5, 5.41) is 0. The van der Waals surface area contributed by atoms with Gasteiger partial charge in [-0.2, -0.15) is 0 Å². The first-order valence-electron chi connectivity index (χ1n) is 10.6. The number of nitrogens with zero attached hydrogens (tertiary/aromatic N) is 2. The maximum atomic E-state index is 14.9. The Kier molecular flexibility index (Phi) is 6.58. The average molecular weight is 463 g/mol. The van der Waals surface area contributed by atoms with Crippen LogP contribution in [0.1, 0.15) is 39.5 Å². The van der Waals surface area contributed by atoms with Gasteiger partial charge in [-0.1, -0.05) is 30.3 Å². The number of allylic oxidation sites excluding steroid dienone is 3. The quantitative estimate of drug-likeness (QED) is 0.512. The van der Waals surface area contributed by atoms with Crippen LogP contribution in [0.2, 0.25) is 0 Å². The molecule has 0 aliphatic carbocycles. The van der Waals surface area contributed by atoms with E-state index in [1.54, 1.807) is 49.4 Å². The second-order valence-electron chi connectivity index (χ2n) is 8.01. The molecule has 0 saturated carbocycles. The predicted octanol–water partition coefficient (Wildman–Crippen LogP) is 4.26. The first kappa shape index (κ1) is 23.0. The van der Waals surface area contributed by atoms with Crippen LogP contribution in [0.3, 0.4) is 0 Å². The lowest BCUT2D eigenvalue weighted by Crippen LogP contribution is -2.24. The summed E-state index contributed by atoms with van der Waals surface area (Å²) >= 11 is 0. The van der Waals surface area contributed by atoms with E-state index < -0.39 is 11.6 Å². The van der Waals surface area contributed by atoms with Crippen molar-refractivity contribution < 1.29 is 18.3 Å². The van der Waals surface area contributed by atoms with Crippen LogP contribution in [0, 0.1) is 11.6 Å². The summed E-state index contributed by atoms with van der Waals surface area (Å²) in [7, 11) is 0. The van der Waals surface area contributed by atoms with E-state index in [0.717, 1.165) is 5.56 Å². The Balaban J connectivity index is 1.51. The Hall–Kier alpha value is -4.20. The van der Waals surface area contributed by atoms with E-state index in [2.05, 4.69) is 4.98 Å². The molecule has 1 aliphatic heterocycles. The molecule has 4 N–H and O–H groups in total. The fourth-order valence-electron chi connectivity index (χ4n) is 3.81. The molecule has 174 valence electrons. The highest BCUT2D eigenvalue weighted by molar-refractivity contribution is 6.00. The zero-order chi connectivity index (χ0) is 24.2. The van der Waals surface area contributed by atoms with Crippen molar-refractivity contribution in [3.8, 4) is 5.88 Å². The normalized spacial score (nSPS) is 13.9.